The normalized spacial score (nSPS) is 12.5. The molecule has 1 unspecified atom stereocenters. The van der Waals surface area contributed by atoms with Crippen molar-refractivity contribution in [3.05, 3.63) is 12.2 Å². The lowest BCUT2D eigenvalue weighted by Crippen LogP contribution is -2.15. The monoisotopic (exact) mass is 396 g/mol. The van der Waals surface area contributed by atoms with E-state index in [1.807, 2.05) is 6.92 Å². The van der Waals surface area contributed by atoms with Crippen molar-refractivity contribution in [3.8, 4) is 0 Å². The number of carbonyl (C=O) groups is 2. The zero-order valence-electron chi connectivity index (χ0n) is 18.8. The van der Waals surface area contributed by atoms with Gasteiger partial charge >= 0.3 is 11.9 Å². The molecule has 0 bridgehead atoms. The van der Waals surface area contributed by atoms with E-state index in [1.54, 1.807) is 0 Å². The molecule has 0 spiro atoms. The van der Waals surface area contributed by atoms with Gasteiger partial charge in [0.15, 0.2) is 0 Å². The van der Waals surface area contributed by atoms with Crippen LogP contribution in [-0.2, 0) is 19.1 Å². The van der Waals surface area contributed by atoms with E-state index in [2.05, 4.69) is 20.8 Å². The maximum atomic E-state index is 11.6. The van der Waals surface area contributed by atoms with Crippen LogP contribution in [0.15, 0.2) is 12.2 Å². The van der Waals surface area contributed by atoms with Crippen LogP contribution in [0.2, 0.25) is 0 Å². The standard InChI is InChI=1S/C24H44O4/c1-5-6-7-8-9-10-11-12-13-14-15-16-19-27-23(25)17-18-24(26)28-22(4)20-21(2)3/h17-18,21-22H,5-16,19-20H2,1-4H3/b18-17+. The Morgan fingerprint density at radius 3 is 1.68 bits per heavy atom. The van der Waals surface area contributed by atoms with Gasteiger partial charge in [0.05, 0.1) is 12.7 Å². The van der Waals surface area contributed by atoms with Gasteiger partial charge in [-0.2, -0.15) is 0 Å². The SMILES string of the molecule is CCCCCCCCCCCCCCOC(=O)/C=C/C(=O)OC(C)CC(C)C. The molecule has 0 aliphatic rings. The first-order valence-electron chi connectivity index (χ1n) is 11.5. The highest BCUT2D eigenvalue weighted by molar-refractivity contribution is 5.91. The van der Waals surface area contributed by atoms with E-state index >= 15 is 0 Å². The average molecular weight is 397 g/mol. The Kier molecular flexibility index (Phi) is 18.1. The summed E-state index contributed by atoms with van der Waals surface area (Å²) in [6.07, 6.45) is 18.3. The second kappa shape index (κ2) is 19.0. The molecule has 0 rings (SSSR count). The summed E-state index contributed by atoms with van der Waals surface area (Å²) < 4.78 is 10.3. The molecule has 0 aromatic heterocycles. The van der Waals surface area contributed by atoms with Crippen molar-refractivity contribution < 1.29 is 19.1 Å². The van der Waals surface area contributed by atoms with Gasteiger partial charge in [0.25, 0.3) is 0 Å². The minimum atomic E-state index is -0.490. The minimum Gasteiger partial charge on any atom is -0.463 e. The van der Waals surface area contributed by atoms with Crippen LogP contribution in [0.25, 0.3) is 0 Å². The van der Waals surface area contributed by atoms with Crippen molar-refractivity contribution in [2.45, 2.75) is 117 Å². The second-order valence-corrected chi connectivity index (χ2v) is 8.27. The highest BCUT2D eigenvalue weighted by Gasteiger charge is 2.09. The summed E-state index contributed by atoms with van der Waals surface area (Å²) in [5.74, 6) is -0.501. The zero-order valence-corrected chi connectivity index (χ0v) is 18.8. The summed E-state index contributed by atoms with van der Waals surface area (Å²) in [6.45, 7) is 8.68. The summed E-state index contributed by atoms with van der Waals surface area (Å²) in [6, 6.07) is 0. The lowest BCUT2D eigenvalue weighted by atomic mass is 10.1. The molecule has 4 heteroatoms. The molecule has 164 valence electrons. The summed E-state index contributed by atoms with van der Waals surface area (Å²) in [5, 5.41) is 0. The molecule has 0 N–H and O–H groups in total. The number of esters is 2. The Bertz CT molecular complexity index is 415. The Labute approximate surface area is 173 Å². The molecule has 1 atom stereocenters. The third-order valence-corrected chi connectivity index (χ3v) is 4.72. The molecule has 0 amide bonds. The number of unbranched alkanes of at least 4 members (excludes halogenated alkanes) is 11. The summed E-state index contributed by atoms with van der Waals surface area (Å²) in [4.78, 5) is 23.2. The van der Waals surface area contributed by atoms with Gasteiger partial charge in [-0.05, 0) is 25.7 Å². The molecule has 28 heavy (non-hydrogen) atoms. The van der Waals surface area contributed by atoms with E-state index in [1.165, 1.54) is 64.2 Å². The largest absolute Gasteiger partial charge is 0.463 e. The highest BCUT2D eigenvalue weighted by atomic mass is 16.5. The molecule has 0 saturated carbocycles. The van der Waals surface area contributed by atoms with Crippen LogP contribution in [0.5, 0.6) is 0 Å². The van der Waals surface area contributed by atoms with E-state index in [0.29, 0.717) is 12.5 Å². The fraction of sp³-hybridized carbons (Fsp3) is 0.833. The Balaban J connectivity index is 3.48. The van der Waals surface area contributed by atoms with Crippen molar-refractivity contribution in [2.75, 3.05) is 6.61 Å². The number of carbonyl (C=O) groups excluding carboxylic acids is 2. The molecule has 4 nitrogen and oxygen atoms in total. The molecule has 0 heterocycles. The van der Waals surface area contributed by atoms with Crippen molar-refractivity contribution in [2.24, 2.45) is 5.92 Å². The van der Waals surface area contributed by atoms with Crippen LogP contribution in [0, 0.1) is 5.92 Å². The van der Waals surface area contributed by atoms with Crippen LogP contribution < -0.4 is 0 Å². The van der Waals surface area contributed by atoms with Crippen LogP contribution in [-0.4, -0.2) is 24.6 Å². The van der Waals surface area contributed by atoms with Gasteiger partial charge in [-0.1, -0.05) is 91.4 Å². The van der Waals surface area contributed by atoms with E-state index < -0.39 is 11.9 Å². The van der Waals surface area contributed by atoms with E-state index in [9.17, 15) is 9.59 Å². The first-order chi connectivity index (χ1) is 13.5. The number of rotatable bonds is 18. The van der Waals surface area contributed by atoms with Crippen molar-refractivity contribution >= 4 is 11.9 Å². The molecule has 0 saturated heterocycles. The fourth-order valence-corrected chi connectivity index (χ4v) is 3.25. The third kappa shape index (κ3) is 19.4. The first-order valence-corrected chi connectivity index (χ1v) is 11.5. The third-order valence-electron chi connectivity index (χ3n) is 4.72. The second-order valence-electron chi connectivity index (χ2n) is 8.27. The summed E-state index contributed by atoms with van der Waals surface area (Å²) in [5.41, 5.74) is 0. The van der Waals surface area contributed by atoms with Crippen molar-refractivity contribution in [3.63, 3.8) is 0 Å². The van der Waals surface area contributed by atoms with Crippen LogP contribution in [0.4, 0.5) is 0 Å². The summed E-state index contributed by atoms with van der Waals surface area (Å²) in [7, 11) is 0. The molecule has 0 aliphatic heterocycles. The quantitative estimate of drug-likeness (QED) is 0.146. The van der Waals surface area contributed by atoms with E-state index in [0.717, 1.165) is 31.4 Å². The molecule has 0 radical (unpaired) electrons. The van der Waals surface area contributed by atoms with Crippen LogP contribution in [0.3, 0.4) is 0 Å². The molecule has 0 aromatic rings. The van der Waals surface area contributed by atoms with Gasteiger partial charge in [-0.25, -0.2) is 9.59 Å². The van der Waals surface area contributed by atoms with Gasteiger partial charge in [-0.15, -0.1) is 0 Å². The van der Waals surface area contributed by atoms with Gasteiger partial charge in [-0.3, -0.25) is 0 Å². The fourth-order valence-electron chi connectivity index (χ4n) is 3.25. The lowest BCUT2D eigenvalue weighted by molar-refractivity contribution is -0.144. The Hall–Kier alpha value is -1.32. The molecule has 0 aliphatic carbocycles. The van der Waals surface area contributed by atoms with Crippen molar-refractivity contribution in [1.82, 2.24) is 0 Å². The van der Waals surface area contributed by atoms with E-state index in [4.69, 9.17) is 9.47 Å². The molecule has 0 aromatic carbocycles. The number of ether oxygens (including phenoxy) is 2. The zero-order chi connectivity index (χ0) is 21.0. The Morgan fingerprint density at radius 1 is 0.714 bits per heavy atom. The van der Waals surface area contributed by atoms with Gasteiger partial charge in [0.1, 0.15) is 0 Å². The maximum Gasteiger partial charge on any atom is 0.331 e. The topological polar surface area (TPSA) is 52.6 Å². The smallest absolute Gasteiger partial charge is 0.331 e. The molecule has 0 fully saturated rings. The minimum absolute atomic E-state index is 0.144. The molecular weight excluding hydrogens is 352 g/mol. The predicted molar refractivity (Wildman–Crippen MR) is 116 cm³/mol. The van der Waals surface area contributed by atoms with Crippen LogP contribution in [0.1, 0.15) is 111 Å². The first kappa shape index (κ1) is 26.7. The van der Waals surface area contributed by atoms with Crippen molar-refractivity contribution in [1.29, 1.82) is 0 Å². The molecular formula is C24H44O4. The van der Waals surface area contributed by atoms with Gasteiger partial charge < -0.3 is 9.47 Å². The maximum absolute atomic E-state index is 11.6. The van der Waals surface area contributed by atoms with E-state index in [-0.39, 0.29) is 6.10 Å². The summed E-state index contributed by atoms with van der Waals surface area (Å²) >= 11 is 0. The predicted octanol–water partition coefficient (Wildman–Crippen LogP) is 6.76. The van der Waals surface area contributed by atoms with Gasteiger partial charge in [0, 0.05) is 12.2 Å². The van der Waals surface area contributed by atoms with Crippen LogP contribution >= 0.6 is 0 Å². The average Bonchev–Trinajstić information content (AvgIpc) is 2.63. The number of hydrogen-bond donors (Lipinski definition) is 0. The Morgan fingerprint density at radius 2 is 1.18 bits per heavy atom. The highest BCUT2D eigenvalue weighted by Crippen LogP contribution is 2.12. The van der Waals surface area contributed by atoms with Gasteiger partial charge in [0.2, 0.25) is 0 Å². The number of hydrogen-bond acceptors (Lipinski definition) is 4. The lowest BCUT2D eigenvalue weighted by Gasteiger charge is -2.13.